The van der Waals surface area contributed by atoms with E-state index >= 15 is 0 Å². The molecule has 1 unspecified atom stereocenters. The van der Waals surface area contributed by atoms with Gasteiger partial charge in [0, 0.05) is 17.8 Å². The molecule has 6 heteroatoms. The van der Waals surface area contributed by atoms with Crippen LogP contribution in [0.5, 0.6) is 6.01 Å². The normalized spacial score (nSPS) is 27.9. The van der Waals surface area contributed by atoms with E-state index in [0.717, 1.165) is 12.1 Å². The zero-order chi connectivity index (χ0) is 13.1. The third-order valence-electron chi connectivity index (χ3n) is 3.15. The summed E-state index contributed by atoms with van der Waals surface area (Å²) in [5.41, 5.74) is 0.820. The second-order valence-corrected chi connectivity index (χ2v) is 4.67. The SMILES string of the molecule is COc1nc(C)cc(NC2CC[C@@H](O)[C@@H](O)C2)n1. The first kappa shape index (κ1) is 13.0. The van der Waals surface area contributed by atoms with E-state index in [0.29, 0.717) is 24.7 Å². The van der Waals surface area contributed by atoms with Crippen LogP contribution in [-0.2, 0) is 0 Å². The minimum atomic E-state index is -0.666. The molecule has 1 fully saturated rings. The van der Waals surface area contributed by atoms with Crippen LogP contribution in [-0.4, -0.2) is 45.5 Å². The third kappa shape index (κ3) is 3.08. The van der Waals surface area contributed by atoms with E-state index in [1.54, 1.807) is 0 Å². The number of rotatable bonds is 3. The molecule has 1 heterocycles. The number of aryl methyl sites for hydroxylation is 1. The number of anilines is 1. The van der Waals surface area contributed by atoms with Gasteiger partial charge in [0.05, 0.1) is 19.3 Å². The quantitative estimate of drug-likeness (QED) is 0.726. The van der Waals surface area contributed by atoms with Crippen molar-refractivity contribution in [2.75, 3.05) is 12.4 Å². The standard InChI is InChI=1S/C12H19N3O3/c1-7-5-11(15-12(13-7)18-2)14-8-3-4-9(16)10(17)6-8/h5,8-10,16-17H,3-4,6H2,1-2H3,(H,13,14,15)/t8?,9-,10+/m1/s1. The van der Waals surface area contributed by atoms with Crippen LogP contribution in [0.2, 0.25) is 0 Å². The molecule has 0 saturated heterocycles. The Kier molecular flexibility index (Phi) is 3.98. The number of aliphatic hydroxyl groups is 2. The van der Waals surface area contributed by atoms with Gasteiger partial charge in [0.2, 0.25) is 0 Å². The fourth-order valence-electron chi connectivity index (χ4n) is 2.18. The van der Waals surface area contributed by atoms with Gasteiger partial charge < -0.3 is 20.3 Å². The van der Waals surface area contributed by atoms with Crippen molar-refractivity contribution in [1.29, 1.82) is 0 Å². The lowest BCUT2D eigenvalue weighted by molar-refractivity contribution is -0.0120. The number of ether oxygens (including phenoxy) is 1. The van der Waals surface area contributed by atoms with Gasteiger partial charge >= 0.3 is 6.01 Å². The number of nitrogens with one attached hydrogen (secondary N) is 1. The summed E-state index contributed by atoms with van der Waals surface area (Å²) in [7, 11) is 1.53. The molecule has 100 valence electrons. The zero-order valence-electron chi connectivity index (χ0n) is 10.6. The second-order valence-electron chi connectivity index (χ2n) is 4.67. The smallest absolute Gasteiger partial charge is 0.318 e. The Morgan fingerprint density at radius 1 is 1.28 bits per heavy atom. The van der Waals surface area contributed by atoms with Crippen molar-refractivity contribution in [2.45, 2.75) is 44.4 Å². The Morgan fingerprint density at radius 3 is 2.72 bits per heavy atom. The highest BCUT2D eigenvalue weighted by Crippen LogP contribution is 2.22. The molecule has 1 aromatic heterocycles. The molecule has 6 nitrogen and oxygen atoms in total. The molecule has 0 aromatic carbocycles. The maximum atomic E-state index is 9.63. The van der Waals surface area contributed by atoms with Crippen LogP contribution < -0.4 is 10.1 Å². The molecular weight excluding hydrogens is 234 g/mol. The van der Waals surface area contributed by atoms with E-state index in [9.17, 15) is 10.2 Å². The van der Waals surface area contributed by atoms with E-state index in [4.69, 9.17) is 4.74 Å². The molecule has 1 saturated carbocycles. The highest BCUT2D eigenvalue weighted by Gasteiger charge is 2.27. The number of aromatic nitrogens is 2. The molecule has 1 aromatic rings. The third-order valence-corrected chi connectivity index (χ3v) is 3.15. The average molecular weight is 253 g/mol. The fourth-order valence-corrected chi connectivity index (χ4v) is 2.18. The average Bonchev–Trinajstić information content (AvgIpc) is 2.33. The van der Waals surface area contributed by atoms with Crippen LogP contribution in [0.15, 0.2) is 6.07 Å². The highest BCUT2D eigenvalue weighted by atomic mass is 16.5. The summed E-state index contributed by atoms with van der Waals surface area (Å²) >= 11 is 0. The molecule has 0 aliphatic heterocycles. The maximum absolute atomic E-state index is 9.63. The Labute approximate surface area is 106 Å². The van der Waals surface area contributed by atoms with E-state index in [1.807, 2.05) is 13.0 Å². The van der Waals surface area contributed by atoms with Gasteiger partial charge in [0.1, 0.15) is 5.82 Å². The molecule has 1 aliphatic carbocycles. The first-order chi connectivity index (χ1) is 8.58. The van der Waals surface area contributed by atoms with Crippen LogP contribution >= 0.6 is 0 Å². The maximum Gasteiger partial charge on any atom is 0.318 e. The molecule has 2 rings (SSSR count). The van der Waals surface area contributed by atoms with Crippen LogP contribution in [0.4, 0.5) is 5.82 Å². The lowest BCUT2D eigenvalue weighted by atomic mass is 9.90. The Bertz CT molecular complexity index is 414. The Balaban J connectivity index is 2.03. The number of hydrogen-bond acceptors (Lipinski definition) is 6. The summed E-state index contributed by atoms with van der Waals surface area (Å²) in [6.07, 6.45) is 0.654. The molecule has 3 N–H and O–H groups in total. The van der Waals surface area contributed by atoms with Gasteiger partial charge in [-0.1, -0.05) is 0 Å². The number of methoxy groups -OCH3 is 1. The molecule has 1 aliphatic rings. The van der Waals surface area contributed by atoms with Crippen molar-refractivity contribution >= 4 is 5.82 Å². The predicted molar refractivity (Wildman–Crippen MR) is 66.6 cm³/mol. The van der Waals surface area contributed by atoms with Gasteiger partial charge in [0.25, 0.3) is 0 Å². The predicted octanol–water partition coefficient (Wildman–Crippen LogP) is 0.480. The van der Waals surface area contributed by atoms with Crippen molar-refractivity contribution in [1.82, 2.24) is 9.97 Å². The topological polar surface area (TPSA) is 87.5 Å². The zero-order valence-corrected chi connectivity index (χ0v) is 10.6. The first-order valence-electron chi connectivity index (χ1n) is 6.11. The van der Waals surface area contributed by atoms with Crippen LogP contribution in [0, 0.1) is 6.92 Å². The van der Waals surface area contributed by atoms with Crippen molar-refractivity contribution in [3.8, 4) is 6.01 Å². The largest absolute Gasteiger partial charge is 0.467 e. The molecule has 3 atom stereocenters. The number of aliphatic hydroxyl groups excluding tert-OH is 2. The molecular formula is C12H19N3O3. The monoisotopic (exact) mass is 253 g/mol. The van der Waals surface area contributed by atoms with E-state index in [1.165, 1.54) is 7.11 Å². The van der Waals surface area contributed by atoms with Gasteiger partial charge in [-0.3, -0.25) is 0 Å². The summed E-state index contributed by atoms with van der Waals surface area (Å²) in [6, 6.07) is 2.27. The lowest BCUT2D eigenvalue weighted by Gasteiger charge is -2.30. The minimum Gasteiger partial charge on any atom is -0.467 e. The van der Waals surface area contributed by atoms with Gasteiger partial charge in [-0.2, -0.15) is 4.98 Å². The van der Waals surface area contributed by atoms with Crippen molar-refractivity contribution in [3.63, 3.8) is 0 Å². The van der Waals surface area contributed by atoms with E-state index < -0.39 is 12.2 Å². The number of hydrogen-bond donors (Lipinski definition) is 3. The first-order valence-corrected chi connectivity index (χ1v) is 6.11. The lowest BCUT2D eigenvalue weighted by Crippen LogP contribution is -2.39. The second kappa shape index (κ2) is 5.49. The van der Waals surface area contributed by atoms with Crippen LogP contribution in [0.25, 0.3) is 0 Å². The summed E-state index contributed by atoms with van der Waals surface area (Å²) in [5, 5.41) is 22.3. The van der Waals surface area contributed by atoms with Gasteiger partial charge in [0.15, 0.2) is 0 Å². The molecule has 18 heavy (non-hydrogen) atoms. The molecule has 0 amide bonds. The van der Waals surface area contributed by atoms with Crippen molar-refractivity contribution < 1.29 is 14.9 Å². The van der Waals surface area contributed by atoms with Gasteiger partial charge in [-0.25, -0.2) is 4.98 Å². The molecule has 0 spiro atoms. The number of nitrogens with zero attached hydrogens (tertiary/aromatic N) is 2. The fraction of sp³-hybridized carbons (Fsp3) is 0.667. The highest BCUT2D eigenvalue weighted by molar-refractivity contribution is 5.38. The van der Waals surface area contributed by atoms with Gasteiger partial charge in [-0.05, 0) is 26.2 Å². The Hall–Kier alpha value is -1.40. The van der Waals surface area contributed by atoms with Crippen molar-refractivity contribution in [2.24, 2.45) is 0 Å². The molecule has 0 radical (unpaired) electrons. The summed E-state index contributed by atoms with van der Waals surface area (Å²) < 4.78 is 5.01. The Morgan fingerprint density at radius 2 is 2.06 bits per heavy atom. The van der Waals surface area contributed by atoms with Crippen LogP contribution in [0.3, 0.4) is 0 Å². The van der Waals surface area contributed by atoms with Crippen molar-refractivity contribution in [3.05, 3.63) is 11.8 Å². The summed E-state index contributed by atoms with van der Waals surface area (Å²) in [5.74, 6) is 0.688. The van der Waals surface area contributed by atoms with Crippen LogP contribution in [0.1, 0.15) is 25.0 Å². The summed E-state index contributed by atoms with van der Waals surface area (Å²) in [4.78, 5) is 8.31. The van der Waals surface area contributed by atoms with E-state index in [2.05, 4.69) is 15.3 Å². The minimum absolute atomic E-state index is 0.113. The van der Waals surface area contributed by atoms with E-state index in [-0.39, 0.29) is 6.04 Å². The summed E-state index contributed by atoms with van der Waals surface area (Å²) in [6.45, 7) is 1.87. The van der Waals surface area contributed by atoms with Gasteiger partial charge in [-0.15, -0.1) is 0 Å². The molecule has 0 bridgehead atoms.